The summed E-state index contributed by atoms with van der Waals surface area (Å²) in [4.78, 5) is 12.9. The van der Waals surface area contributed by atoms with E-state index in [0.717, 1.165) is 22.3 Å². The van der Waals surface area contributed by atoms with Crippen LogP contribution < -0.4 is 5.43 Å². The zero-order valence-corrected chi connectivity index (χ0v) is 25.6. The van der Waals surface area contributed by atoms with E-state index in [2.05, 4.69) is 52.1 Å². The minimum Gasteiger partial charge on any atom is -0.507 e. The molecule has 0 spiro atoms. The molecule has 0 fully saturated rings. The average molecular weight is 574 g/mol. The Morgan fingerprint density at radius 1 is 0.951 bits per heavy atom. The van der Waals surface area contributed by atoms with Gasteiger partial charge in [-0.25, -0.2) is 17.8 Å². The Kier molecular flexibility index (Phi) is 8.18. The highest BCUT2D eigenvalue weighted by atomic mass is 32.2. The second-order valence-electron chi connectivity index (χ2n) is 12.5. The monoisotopic (exact) mass is 573 g/mol. The molecule has 0 aliphatic heterocycles. The topological polar surface area (TPSA) is 101 Å². The van der Waals surface area contributed by atoms with Crippen LogP contribution in [0.25, 0.3) is 10.9 Å². The van der Waals surface area contributed by atoms with Gasteiger partial charge < -0.3 is 5.11 Å². The third-order valence-electron chi connectivity index (χ3n) is 7.11. The summed E-state index contributed by atoms with van der Waals surface area (Å²) in [5.74, 6) is 0.0475. The predicted molar refractivity (Wildman–Crippen MR) is 165 cm³/mol. The van der Waals surface area contributed by atoms with Crippen LogP contribution >= 0.6 is 0 Å². The van der Waals surface area contributed by atoms with E-state index >= 15 is 0 Å². The summed E-state index contributed by atoms with van der Waals surface area (Å²) in [6.07, 6.45) is 3.69. The molecule has 41 heavy (non-hydrogen) atoms. The number of hydrogen-bond acceptors (Lipinski definition) is 5. The molecule has 4 rings (SSSR count). The molecule has 3 aromatic carbocycles. The van der Waals surface area contributed by atoms with Gasteiger partial charge in [0.25, 0.3) is 10.0 Å². The maximum atomic E-state index is 13.4. The summed E-state index contributed by atoms with van der Waals surface area (Å²) in [5.41, 5.74) is 6.83. The van der Waals surface area contributed by atoms with Crippen molar-refractivity contribution in [1.82, 2.24) is 9.40 Å². The van der Waals surface area contributed by atoms with Crippen LogP contribution in [0.1, 0.15) is 75.8 Å². The van der Waals surface area contributed by atoms with Gasteiger partial charge in [0.05, 0.1) is 16.6 Å². The van der Waals surface area contributed by atoms with Gasteiger partial charge in [0.2, 0.25) is 5.91 Å². The first-order chi connectivity index (χ1) is 19.1. The molecule has 216 valence electrons. The number of aromatic nitrogens is 1. The van der Waals surface area contributed by atoms with E-state index in [1.807, 2.05) is 31.2 Å². The molecule has 8 heteroatoms. The first-order valence-corrected chi connectivity index (χ1v) is 15.1. The van der Waals surface area contributed by atoms with Crippen molar-refractivity contribution in [3.8, 4) is 5.75 Å². The molecule has 7 nitrogen and oxygen atoms in total. The molecule has 1 aromatic heterocycles. The van der Waals surface area contributed by atoms with E-state index in [0.29, 0.717) is 28.6 Å². The third kappa shape index (κ3) is 6.54. The molecular formula is C33H39N3O4S. The van der Waals surface area contributed by atoms with Crippen LogP contribution in [0.3, 0.4) is 0 Å². The van der Waals surface area contributed by atoms with Crippen molar-refractivity contribution in [2.45, 2.75) is 77.0 Å². The van der Waals surface area contributed by atoms with Gasteiger partial charge in [0, 0.05) is 23.6 Å². The number of carbonyl (C=O) groups is 1. The van der Waals surface area contributed by atoms with Crippen molar-refractivity contribution >= 4 is 33.0 Å². The van der Waals surface area contributed by atoms with E-state index in [9.17, 15) is 18.3 Å². The van der Waals surface area contributed by atoms with Crippen molar-refractivity contribution in [2.75, 3.05) is 0 Å². The average Bonchev–Trinajstić information content (AvgIpc) is 3.26. The minimum absolute atomic E-state index is 0.194. The Hall–Kier alpha value is -3.91. The Balaban J connectivity index is 1.52. The molecule has 0 bridgehead atoms. The van der Waals surface area contributed by atoms with Crippen LogP contribution in [-0.4, -0.2) is 29.6 Å². The Bertz CT molecular complexity index is 1680. The second-order valence-corrected chi connectivity index (χ2v) is 14.4. The highest BCUT2D eigenvalue weighted by molar-refractivity contribution is 7.90. The normalized spacial score (nSPS) is 12.8. The summed E-state index contributed by atoms with van der Waals surface area (Å²) >= 11 is 0. The number of carbonyl (C=O) groups excluding carboxylic acids is 1. The van der Waals surface area contributed by atoms with Crippen LogP contribution in [0.15, 0.2) is 76.9 Å². The number of aromatic hydroxyl groups is 1. The van der Waals surface area contributed by atoms with Crippen molar-refractivity contribution in [3.05, 3.63) is 94.7 Å². The molecule has 0 radical (unpaired) electrons. The standard InChI is InChI=1S/C33H39N3O4S/c1-22-12-15-25(16-13-22)41(39,40)36-21-24(26-10-8-9-11-29(26)36)20-34-35-30(37)17-14-23-18-27(32(2,3)4)31(38)28(19-23)33(5,6)7/h8-13,15-16,18-21,38H,14,17H2,1-7H3,(H,35,37). The fourth-order valence-corrected chi connectivity index (χ4v) is 6.15. The van der Waals surface area contributed by atoms with Crippen molar-refractivity contribution in [1.29, 1.82) is 0 Å². The van der Waals surface area contributed by atoms with E-state index in [4.69, 9.17) is 0 Å². The van der Waals surface area contributed by atoms with Gasteiger partial charge in [-0.2, -0.15) is 5.10 Å². The number of phenolic OH excluding ortho intramolecular Hbond substituents is 1. The Labute approximate surface area is 243 Å². The van der Waals surface area contributed by atoms with Gasteiger partial charge in [-0.05, 0) is 59.1 Å². The summed E-state index contributed by atoms with van der Waals surface area (Å²) < 4.78 is 28.1. The molecule has 0 saturated heterocycles. The van der Waals surface area contributed by atoms with Crippen molar-refractivity contribution in [3.63, 3.8) is 0 Å². The number of hydrogen-bond donors (Lipinski definition) is 2. The van der Waals surface area contributed by atoms with Gasteiger partial charge in [0.15, 0.2) is 0 Å². The van der Waals surface area contributed by atoms with Crippen LogP contribution in [-0.2, 0) is 32.1 Å². The van der Waals surface area contributed by atoms with Crippen LogP contribution in [0.4, 0.5) is 0 Å². The van der Waals surface area contributed by atoms with Crippen LogP contribution in [0.2, 0.25) is 0 Å². The van der Waals surface area contributed by atoms with Gasteiger partial charge in [-0.15, -0.1) is 0 Å². The number of aryl methyl sites for hydroxylation is 2. The second kappa shape index (κ2) is 11.2. The molecule has 4 aromatic rings. The maximum absolute atomic E-state index is 13.4. The van der Waals surface area contributed by atoms with Gasteiger partial charge in [-0.1, -0.05) is 89.6 Å². The van der Waals surface area contributed by atoms with Gasteiger partial charge in [-0.3, -0.25) is 4.79 Å². The fraction of sp³-hybridized carbons (Fsp3) is 0.333. The largest absolute Gasteiger partial charge is 0.507 e. The molecular weight excluding hydrogens is 534 g/mol. The van der Waals surface area contributed by atoms with Crippen molar-refractivity contribution < 1.29 is 18.3 Å². The minimum atomic E-state index is -3.82. The summed E-state index contributed by atoms with van der Waals surface area (Å²) in [6.45, 7) is 14.3. The number of nitrogens with zero attached hydrogens (tertiary/aromatic N) is 2. The number of hydrazone groups is 1. The van der Waals surface area contributed by atoms with Gasteiger partial charge in [0.1, 0.15) is 5.75 Å². The lowest BCUT2D eigenvalue weighted by molar-refractivity contribution is -0.121. The van der Waals surface area contributed by atoms with E-state index in [1.54, 1.807) is 36.4 Å². The SMILES string of the molecule is Cc1ccc(S(=O)(=O)n2cc(C=NNC(=O)CCc3cc(C(C)(C)C)c(O)c(C(C)(C)C)c3)c3ccccc32)cc1. The Morgan fingerprint density at radius 2 is 1.54 bits per heavy atom. The number of rotatable bonds is 7. The maximum Gasteiger partial charge on any atom is 0.268 e. The molecule has 1 heterocycles. The molecule has 1 amide bonds. The highest BCUT2D eigenvalue weighted by Crippen LogP contribution is 2.40. The smallest absolute Gasteiger partial charge is 0.268 e. The highest BCUT2D eigenvalue weighted by Gasteiger charge is 2.26. The summed E-state index contributed by atoms with van der Waals surface area (Å²) in [7, 11) is -3.82. The summed E-state index contributed by atoms with van der Waals surface area (Å²) in [6, 6.07) is 17.9. The van der Waals surface area contributed by atoms with E-state index in [-0.39, 0.29) is 28.1 Å². The lowest BCUT2D eigenvalue weighted by Crippen LogP contribution is -2.20. The first kappa shape index (κ1) is 30.1. The quantitative estimate of drug-likeness (QED) is 0.193. The Morgan fingerprint density at radius 3 is 2.12 bits per heavy atom. The van der Waals surface area contributed by atoms with Gasteiger partial charge >= 0.3 is 0 Å². The van der Waals surface area contributed by atoms with Crippen LogP contribution in [0.5, 0.6) is 5.75 Å². The fourth-order valence-electron chi connectivity index (χ4n) is 4.77. The summed E-state index contributed by atoms with van der Waals surface area (Å²) in [5, 5.41) is 15.8. The first-order valence-electron chi connectivity index (χ1n) is 13.7. The number of nitrogens with one attached hydrogen (secondary N) is 1. The number of benzene rings is 3. The number of fused-ring (bicyclic) bond motifs is 1. The number of phenols is 1. The van der Waals surface area contributed by atoms with E-state index < -0.39 is 10.0 Å². The molecule has 0 unspecified atom stereocenters. The molecule has 0 aliphatic carbocycles. The molecule has 0 atom stereocenters. The number of para-hydroxylation sites is 1. The van der Waals surface area contributed by atoms with E-state index in [1.165, 1.54) is 16.4 Å². The lowest BCUT2D eigenvalue weighted by atomic mass is 9.78. The molecule has 2 N–H and O–H groups in total. The lowest BCUT2D eigenvalue weighted by Gasteiger charge is -2.28. The molecule has 0 aliphatic rings. The third-order valence-corrected chi connectivity index (χ3v) is 8.79. The predicted octanol–water partition coefficient (Wildman–Crippen LogP) is 6.57. The zero-order chi connectivity index (χ0) is 30.2. The number of amides is 1. The zero-order valence-electron chi connectivity index (χ0n) is 24.8. The van der Waals surface area contributed by atoms with Crippen LogP contribution in [0, 0.1) is 6.92 Å². The van der Waals surface area contributed by atoms with Crippen molar-refractivity contribution in [2.24, 2.45) is 5.10 Å². The molecule has 0 saturated carbocycles.